The largest absolute Gasteiger partial charge is 0.392 e. The quantitative estimate of drug-likeness (QED) is 0.895. The molecule has 1 fully saturated rings. The van der Waals surface area contributed by atoms with Gasteiger partial charge in [0.1, 0.15) is 0 Å². The lowest BCUT2D eigenvalue weighted by molar-refractivity contribution is 0.0145. The van der Waals surface area contributed by atoms with Crippen molar-refractivity contribution in [2.24, 2.45) is 0 Å². The molecule has 0 amide bonds. The second-order valence-electron chi connectivity index (χ2n) is 3.87. The molecular weight excluding hydrogens is 256 g/mol. The first-order chi connectivity index (χ1) is 7.31. The summed E-state index contributed by atoms with van der Waals surface area (Å²) in [4.78, 5) is 0. The fourth-order valence-electron chi connectivity index (χ4n) is 1.92. The zero-order valence-electron chi connectivity index (χ0n) is 8.58. The van der Waals surface area contributed by atoms with Gasteiger partial charge in [0, 0.05) is 11.1 Å². The fraction of sp³-hybridized carbons (Fsp3) is 0.500. The van der Waals surface area contributed by atoms with Gasteiger partial charge in [-0.25, -0.2) is 0 Å². The van der Waals surface area contributed by atoms with Gasteiger partial charge in [0.05, 0.1) is 12.7 Å². The molecule has 0 radical (unpaired) electrons. The van der Waals surface area contributed by atoms with E-state index in [2.05, 4.69) is 15.9 Å². The standard InChI is InChI=1S/C12H15BrO2/c13-11-7-9(8-14)4-5-10(11)12-3-1-2-6-15-12/h4-5,7,12,14H,1-3,6,8H2. The topological polar surface area (TPSA) is 29.5 Å². The van der Waals surface area contributed by atoms with Gasteiger partial charge in [0.15, 0.2) is 0 Å². The molecule has 1 heterocycles. The van der Waals surface area contributed by atoms with E-state index in [9.17, 15) is 0 Å². The molecule has 1 aliphatic rings. The van der Waals surface area contributed by atoms with Crippen LogP contribution < -0.4 is 0 Å². The van der Waals surface area contributed by atoms with Crippen molar-refractivity contribution in [2.45, 2.75) is 32.0 Å². The smallest absolute Gasteiger partial charge is 0.0835 e. The molecule has 0 bridgehead atoms. The van der Waals surface area contributed by atoms with Crippen LogP contribution >= 0.6 is 15.9 Å². The molecule has 2 rings (SSSR count). The first-order valence-electron chi connectivity index (χ1n) is 5.32. The van der Waals surface area contributed by atoms with E-state index in [0.717, 1.165) is 23.1 Å². The summed E-state index contributed by atoms with van der Waals surface area (Å²) in [5.74, 6) is 0. The van der Waals surface area contributed by atoms with Crippen LogP contribution in [0.5, 0.6) is 0 Å². The minimum Gasteiger partial charge on any atom is -0.392 e. The minimum atomic E-state index is 0.0877. The zero-order chi connectivity index (χ0) is 10.7. The maximum Gasteiger partial charge on any atom is 0.0835 e. The molecule has 3 heteroatoms. The maximum atomic E-state index is 9.01. The van der Waals surface area contributed by atoms with Gasteiger partial charge in [-0.3, -0.25) is 0 Å². The molecule has 82 valence electrons. The molecule has 1 unspecified atom stereocenters. The van der Waals surface area contributed by atoms with E-state index in [1.165, 1.54) is 18.4 Å². The highest BCUT2D eigenvalue weighted by molar-refractivity contribution is 9.10. The van der Waals surface area contributed by atoms with Gasteiger partial charge in [-0.1, -0.05) is 28.1 Å². The average molecular weight is 271 g/mol. The van der Waals surface area contributed by atoms with E-state index in [-0.39, 0.29) is 12.7 Å². The Labute approximate surface area is 98.4 Å². The van der Waals surface area contributed by atoms with Crippen molar-refractivity contribution in [3.63, 3.8) is 0 Å². The molecule has 1 atom stereocenters. The van der Waals surface area contributed by atoms with Gasteiger partial charge in [0.25, 0.3) is 0 Å². The van der Waals surface area contributed by atoms with Crippen molar-refractivity contribution in [3.8, 4) is 0 Å². The summed E-state index contributed by atoms with van der Waals surface area (Å²) in [6.07, 6.45) is 3.72. The van der Waals surface area contributed by atoms with Crippen LogP contribution in [0.2, 0.25) is 0 Å². The van der Waals surface area contributed by atoms with Crippen LogP contribution in [0.4, 0.5) is 0 Å². The van der Waals surface area contributed by atoms with Crippen molar-refractivity contribution >= 4 is 15.9 Å². The average Bonchev–Trinajstić information content (AvgIpc) is 2.30. The van der Waals surface area contributed by atoms with Crippen LogP contribution in [0.3, 0.4) is 0 Å². The van der Waals surface area contributed by atoms with Crippen molar-refractivity contribution < 1.29 is 9.84 Å². The fourth-order valence-corrected chi connectivity index (χ4v) is 2.60. The monoisotopic (exact) mass is 270 g/mol. The highest BCUT2D eigenvalue weighted by atomic mass is 79.9. The van der Waals surface area contributed by atoms with E-state index < -0.39 is 0 Å². The Hall–Kier alpha value is -0.380. The van der Waals surface area contributed by atoms with Gasteiger partial charge in [0.2, 0.25) is 0 Å². The van der Waals surface area contributed by atoms with E-state index in [1.807, 2.05) is 18.2 Å². The van der Waals surface area contributed by atoms with Gasteiger partial charge in [-0.2, -0.15) is 0 Å². The molecule has 0 aliphatic carbocycles. The Balaban J connectivity index is 2.19. The Morgan fingerprint density at radius 1 is 1.40 bits per heavy atom. The SMILES string of the molecule is OCc1ccc(C2CCCCO2)c(Br)c1. The first-order valence-corrected chi connectivity index (χ1v) is 6.11. The summed E-state index contributed by atoms with van der Waals surface area (Å²) in [7, 11) is 0. The molecule has 1 aromatic rings. The van der Waals surface area contributed by atoms with Gasteiger partial charge in [-0.15, -0.1) is 0 Å². The molecule has 1 aromatic carbocycles. The number of ether oxygens (including phenoxy) is 1. The van der Waals surface area contributed by atoms with E-state index in [0.29, 0.717) is 0 Å². The summed E-state index contributed by atoms with van der Waals surface area (Å²) >= 11 is 3.53. The third-order valence-corrected chi connectivity index (χ3v) is 3.46. The van der Waals surface area contributed by atoms with Gasteiger partial charge < -0.3 is 9.84 Å². The second-order valence-corrected chi connectivity index (χ2v) is 4.72. The number of hydrogen-bond donors (Lipinski definition) is 1. The number of aliphatic hydroxyl groups is 1. The van der Waals surface area contributed by atoms with Crippen molar-refractivity contribution in [3.05, 3.63) is 33.8 Å². The molecule has 15 heavy (non-hydrogen) atoms. The van der Waals surface area contributed by atoms with Crippen LogP contribution in [0, 0.1) is 0 Å². The van der Waals surface area contributed by atoms with Crippen LogP contribution in [-0.4, -0.2) is 11.7 Å². The number of rotatable bonds is 2. The van der Waals surface area contributed by atoms with E-state index in [4.69, 9.17) is 9.84 Å². The predicted octanol–water partition coefficient (Wildman–Crippen LogP) is 3.18. The first kappa shape index (κ1) is 11.1. The number of hydrogen-bond acceptors (Lipinski definition) is 2. The lowest BCUT2D eigenvalue weighted by Gasteiger charge is -2.24. The summed E-state index contributed by atoms with van der Waals surface area (Å²) in [5.41, 5.74) is 2.13. The predicted molar refractivity (Wildman–Crippen MR) is 62.6 cm³/mol. The number of benzene rings is 1. The molecule has 1 saturated heterocycles. The minimum absolute atomic E-state index is 0.0877. The second kappa shape index (κ2) is 5.10. The number of halogens is 1. The molecule has 0 saturated carbocycles. The maximum absolute atomic E-state index is 9.01. The molecule has 0 aromatic heterocycles. The van der Waals surface area contributed by atoms with Crippen LogP contribution in [-0.2, 0) is 11.3 Å². The highest BCUT2D eigenvalue weighted by Crippen LogP contribution is 2.33. The molecule has 0 spiro atoms. The van der Waals surface area contributed by atoms with E-state index in [1.54, 1.807) is 0 Å². The van der Waals surface area contributed by atoms with Crippen molar-refractivity contribution in [1.29, 1.82) is 0 Å². The lowest BCUT2D eigenvalue weighted by Crippen LogP contribution is -2.12. The van der Waals surface area contributed by atoms with Crippen LogP contribution in [0.25, 0.3) is 0 Å². The van der Waals surface area contributed by atoms with Crippen LogP contribution in [0.15, 0.2) is 22.7 Å². The van der Waals surface area contributed by atoms with Crippen LogP contribution in [0.1, 0.15) is 36.5 Å². The summed E-state index contributed by atoms with van der Waals surface area (Å²) < 4.78 is 6.77. The Bertz CT molecular complexity index is 332. The summed E-state index contributed by atoms with van der Waals surface area (Å²) in [6.45, 7) is 0.948. The van der Waals surface area contributed by atoms with E-state index >= 15 is 0 Å². The molecular formula is C12H15BrO2. The lowest BCUT2D eigenvalue weighted by atomic mass is 10.0. The normalized spacial score (nSPS) is 21.6. The van der Waals surface area contributed by atoms with Crippen molar-refractivity contribution in [2.75, 3.05) is 6.61 Å². The zero-order valence-corrected chi connectivity index (χ0v) is 10.2. The number of aliphatic hydroxyl groups excluding tert-OH is 1. The summed E-state index contributed by atoms with van der Waals surface area (Å²) in [5, 5.41) is 9.01. The third kappa shape index (κ3) is 2.60. The third-order valence-electron chi connectivity index (χ3n) is 2.77. The molecule has 1 N–H and O–H groups in total. The molecule has 2 nitrogen and oxygen atoms in total. The Morgan fingerprint density at radius 2 is 2.27 bits per heavy atom. The van der Waals surface area contributed by atoms with Gasteiger partial charge in [-0.05, 0) is 36.5 Å². The molecule has 1 aliphatic heterocycles. The Morgan fingerprint density at radius 3 is 2.87 bits per heavy atom. The summed E-state index contributed by atoms with van der Waals surface area (Å²) in [6, 6.07) is 5.97. The van der Waals surface area contributed by atoms with Crippen molar-refractivity contribution in [1.82, 2.24) is 0 Å². The Kier molecular flexibility index (Phi) is 3.78. The van der Waals surface area contributed by atoms with Gasteiger partial charge >= 0.3 is 0 Å². The highest BCUT2D eigenvalue weighted by Gasteiger charge is 2.18.